The molecule has 3 rings (SSSR count). The van der Waals surface area contributed by atoms with Crippen molar-refractivity contribution < 1.29 is 38.9 Å². The minimum Gasteiger partial charge on any atom is -0.379 e. The van der Waals surface area contributed by atoms with Crippen LogP contribution in [0.15, 0.2) is 70.5 Å². The second-order valence-corrected chi connectivity index (χ2v) is 9.50. The maximum Gasteiger partial charge on any atom is 0.253 e. The number of aliphatic hydroxyl groups excluding tert-OH is 1. The van der Waals surface area contributed by atoms with Gasteiger partial charge >= 0.3 is 0 Å². The van der Waals surface area contributed by atoms with Gasteiger partial charge in [0, 0.05) is 52.7 Å². The standard InChI is InChI=1S/C27H31N3O8S/c31-23(10-13-30-25(33)8-9-26(30)34)28-12-15-38-17-16-37-14-11-24(32)29-20-2-1-3-22(18-20)39-21-6-4-19(5-7-21)27(35)36/h1-9,18,27,35-36H,10-17H2,(H,28,31)(H,29,32). The Morgan fingerprint density at radius 3 is 2.23 bits per heavy atom. The summed E-state index contributed by atoms with van der Waals surface area (Å²) in [6, 6.07) is 14.3. The third-order valence-corrected chi connectivity index (χ3v) is 6.41. The third kappa shape index (κ3) is 10.6. The van der Waals surface area contributed by atoms with Gasteiger partial charge in [-0.15, -0.1) is 0 Å². The lowest BCUT2D eigenvalue weighted by Crippen LogP contribution is -2.35. The Hall–Kier alpha value is -3.55. The zero-order valence-corrected chi connectivity index (χ0v) is 22.0. The van der Waals surface area contributed by atoms with E-state index in [1.807, 2.05) is 18.2 Å². The fourth-order valence-electron chi connectivity index (χ4n) is 3.41. The zero-order valence-electron chi connectivity index (χ0n) is 21.2. The van der Waals surface area contributed by atoms with Gasteiger partial charge in [0.2, 0.25) is 11.8 Å². The van der Waals surface area contributed by atoms with Gasteiger partial charge < -0.3 is 30.3 Å². The number of aliphatic hydroxyl groups is 2. The van der Waals surface area contributed by atoms with Gasteiger partial charge in [0.25, 0.3) is 11.8 Å². The topological polar surface area (TPSA) is 154 Å². The number of amides is 4. The molecular weight excluding hydrogens is 526 g/mol. The Morgan fingerprint density at radius 2 is 1.54 bits per heavy atom. The highest BCUT2D eigenvalue weighted by Gasteiger charge is 2.23. The van der Waals surface area contributed by atoms with E-state index in [2.05, 4.69) is 10.6 Å². The molecule has 0 radical (unpaired) electrons. The largest absolute Gasteiger partial charge is 0.379 e. The summed E-state index contributed by atoms with van der Waals surface area (Å²) in [7, 11) is 0. The lowest BCUT2D eigenvalue weighted by molar-refractivity contribution is -0.137. The maximum atomic E-state index is 12.2. The summed E-state index contributed by atoms with van der Waals surface area (Å²) in [6.07, 6.45) is 1.06. The van der Waals surface area contributed by atoms with Gasteiger partial charge in [-0.2, -0.15) is 0 Å². The predicted molar refractivity (Wildman–Crippen MR) is 143 cm³/mol. The second kappa shape index (κ2) is 15.8. The van der Waals surface area contributed by atoms with Crippen molar-refractivity contribution in [3.63, 3.8) is 0 Å². The molecule has 0 bridgehead atoms. The number of carbonyl (C=O) groups excluding carboxylic acids is 4. The number of anilines is 1. The number of imide groups is 1. The number of benzene rings is 2. The summed E-state index contributed by atoms with van der Waals surface area (Å²) in [5, 5.41) is 23.9. The molecular formula is C27H31N3O8S. The number of hydrogen-bond donors (Lipinski definition) is 4. The first-order valence-corrected chi connectivity index (χ1v) is 13.1. The van der Waals surface area contributed by atoms with Gasteiger partial charge in [0.1, 0.15) is 0 Å². The van der Waals surface area contributed by atoms with Crippen LogP contribution in [0.2, 0.25) is 0 Å². The summed E-state index contributed by atoms with van der Waals surface area (Å²) in [4.78, 5) is 49.8. The summed E-state index contributed by atoms with van der Waals surface area (Å²) in [6.45, 7) is 1.43. The van der Waals surface area contributed by atoms with Crippen molar-refractivity contribution >= 4 is 41.1 Å². The lowest BCUT2D eigenvalue weighted by Gasteiger charge is -2.13. The Bertz CT molecular complexity index is 1150. The summed E-state index contributed by atoms with van der Waals surface area (Å²) >= 11 is 1.49. The van der Waals surface area contributed by atoms with E-state index in [4.69, 9.17) is 9.47 Å². The molecule has 1 aliphatic rings. The molecule has 208 valence electrons. The second-order valence-electron chi connectivity index (χ2n) is 8.36. The van der Waals surface area contributed by atoms with Crippen LogP contribution in [0.1, 0.15) is 24.7 Å². The van der Waals surface area contributed by atoms with Crippen molar-refractivity contribution in [3.05, 3.63) is 66.2 Å². The molecule has 0 aliphatic carbocycles. The number of nitrogens with one attached hydrogen (secondary N) is 2. The van der Waals surface area contributed by atoms with Crippen molar-refractivity contribution in [2.45, 2.75) is 28.9 Å². The SMILES string of the molecule is O=C(CCN1C(=O)C=CC1=O)NCCOCCOCCC(=O)Nc1cccc(Sc2ccc(C(O)O)cc2)c1. The molecule has 1 heterocycles. The average molecular weight is 558 g/mol. The summed E-state index contributed by atoms with van der Waals surface area (Å²) in [5.41, 5.74) is 1.08. The molecule has 11 nitrogen and oxygen atoms in total. The van der Waals surface area contributed by atoms with Crippen molar-refractivity contribution in [1.29, 1.82) is 0 Å². The lowest BCUT2D eigenvalue weighted by atomic mass is 10.2. The van der Waals surface area contributed by atoms with Gasteiger partial charge in [-0.3, -0.25) is 24.1 Å². The molecule has 4 amide bonds. The summed E-state index contributed by atoms with van der Waals surface area (Å²) in [5.74, 6) is -1.30. The molecule has 2 aromatic carbocycles. The van der Waals surface area contributed by atoms with E-state index in [9.17, 15) is 29.4 Å². The molecule has 0 saturated heterocycles. The van der Waals surface area contributed by atoms with E-state index in [-0.39, 0.29) is 51.0 Å². The maximum absolute atomic E-state index is 12.2. The molecule has 0 spiro atoms. The molecule has 4 N–H and O–H groups in total. The normalized spacial score (nSPS) is 12.8. The number of ether oxygens (including phenoxy) is 2. The number of nitrogens with zero attached hydrogens (tertiary/aromatic N) is 1. The molecule has 0 fully saturated rings. The smallest absolute Gasteiger partial charge is 0.253 e. The van der Waals surface area contributed by atoms with Crippen LogP contribution in [0, 0.1) is 0 Å². The fraction of sp³-hybridized carbons (Fsp3) is 0.333. The van der Waals surface area contributed by atoms with Crippen molar-refractivity contribution in [1.82, 2.24) is 10.2 Å². The first kappa shape index (κ1) is 30.0. The molecule has 0 saturated carbocycles. The van der Waals surface area contributed by atoms with Crippen LogP contribution in [0.3, 0.4) is 0 Å². The van der Waals surface area contributed by atoms with Crippen LogP contribution in [-0.4, -0.2) is 78.3 Å². The van der Waals surface area contributed by atoms with Crippen molar-refractivity contribution in [2.75, 3.05) is 44.8 Å². The van der Waals surface area contributed by atoms with Gasteiger partial charge in [0.15, 0.2) is 6.29 Å². The van der Waals surface area contributed by atoms with Crippen LogP contribution in [0.25, 0.3) is 0 Å². The van der Waals surface area contributed by atoms with Gasteiger partial charge in [-0.05, 0) is 30.3 Å². The predicted octanol–water partition coefficient (Wildman–Crippen LogP) is 1.61. The minimum absolute atomic E-state index is 0.0262. The van der Waals surface area contributed by atoms with Crippen LogP contribution in [-0.2, 0) is 28.7 Å². The molecule has 0 unspecified atom stereocenters. The highest BCUT2D eigenvalue weighted by atomic mass is 32.2. The van der Waals surface area contributed by atoms with E-state index in [0.29, 0.717) is 24.5 Å². The van der Waals surface area contributed by atoms with Gasteiger partial charge in [-0.1, -0.05) is 30.0 Å². The van der Waals surface area contributed by atoms with Crippen LogP contribution in [0.5, 0.6) is 0 Å². The van der Waals surface area contributed by atoms with Gasteiger partial charge in [-0.25, -0.2) is 0 Å². The van der Waals surface area contributed by atoms with Crippen LogP contribution < -0.4 is 10.6 Å². The van der Waals surface area contributed by atoms with Gasteiger partial charge in [0.05, 0.1) is 32.8 Å². The van der Waals surface area contributed by atoms with Crippen molar-refractivity contribution in [3.8, 4) is 0 Å². The highest BCUT2D eigenvalue weighted by molar-refractivity contribution is 7.99. The monoisotopic (exact) mass is 557 g/mol. The Morgan fingerprint density at radius 1 is 0.846 bits per heavy atom. The van der Waals surface area contributed by atoms with E-state index in [1.165, 1.54) is 23.9 Å². The quantitative estimate of drug-likeness (QED) is 0.137. The highest BCUT2D eigenvalue weighted by Crippen LogP contribution is 2.30. The molecule has 39 heavy (non-hydrogen) atoms. The molecule has 2 aromatic rings. The van der Waals surface area contributed by atoms with E-state index in [0.717, 1.165) is 14.7 Å². The van der Waals surface area contributed by atoms with E-state index >= 15 is 0 Å². The Labute approximate surface area is 230 Å². The van der Waals surface area contributed by atoms with Crippen LogP contribution >= 0.6 is 11.8 Å². The fourth-order valence-corrected chi connectivity index (χ4v) is 4.28. The molecule has 0 atom stereocenters. The Balaban J connectivity index is 1.21. The first-order chi connectivity index (χ1) is 18.8. The zero-order chi connectivity index (χ0) is 28.0. The number of hydrogen-bond acceptors (Lipinski definition) is 9. The molecule has 1 aliphatic heterocycles. The Kier molecular flexibility index (Phi) is 12.1. The van der Waals surface area contributed by atoms with Crippen molar-refractivity contribution in [2.24, 2.45) is 0 Å². The van der Waals surface area contributed by atoms with E-state index in [1.54, 1.807) is 30.3 Å². The third-order valence-electron chi connectivity index (χ3n) is 5.41. The number of rotatable bonds is 16. The summed E-state index contributed by atoms with van der Waals surface area (Å²) < 4.78 is 10.8. The first-order valence-electron chi connectivity index (χ1n) is 12.3. The van der Waals surface area contributed by atoms with E-state index < -0.39 is 18.1 Å². The average Bonchev–Trinajstić information content (AvgIpc) is 3.23. The molecule has 0 aromatic heterocycles. The van der Waals surface area contributed by atoms with Crippen LogP contribution in [0.4, 0.5) is 5.69 Å². The minimum atomic E-state index is -1.50. The number of carbonyl (C=O) groups is 4. The molecule has 12 heteroatoms.